The highest BCUT2D eigenvalue weighted by atomic mass is 127. The Morgan fingerprint density at radius 3 is 2.61 bits per heavy atom. The van der Waals surface area contributed by atoms with Crippen LogP contribution >= 0.6 is 34.2 Å². The number of nitrogens with zero attached hydrogens (tertiary/aromatic N) is 2. The molecule has 0 radical (unpaired) electrons. The Kier molecular flexibility index (Phi) is 5.56. The lowest BCUT2D eigenvalue weighted by Gasteiger charge is -2.16. The van der Waals surface area contributed by atoms with Crippen LogP contribution in [0.5, 0.6) is 0 Å². The van der Waals surface area contributed by atoms with Crippen LogP contribution in [0.1, 0.15) is 10.4 Å². The van der Waals surface area contributed by atoms with E-state index in [-0.39, 0.29) is 33.4 Å². The van der Waals surface area contributed by atoms with Crippen LogP contribution in [-0.2, 0) is 10.0 Å². The van der Waals surface area contributed by atoms with Crippen molar-refractivity contribution in [2.24, 2.45) is 0 Å². The summed E-state index contributed by atoms with van der Waals surface area (Å²) in [5.74, 6) is -1.05. The van der Waals surface area contributed by atoms with E-state index in [1.54, 1.807) is 6.07 Å². The van der Waals surface area contributed by atoms with Gasteiger partial charge in [-0.25, -0.2) is 12.8 Å². The number of sulfonamides is 1. The molecule has 0 aliphatic rings. The summed E-state index contributed by atoms with van der Waals surface area (Å²) in [6.07, 6.45) is 1.04. The molecule has 2 aromatic heterocycles. The van der Waals surface area contributed by atoms with Gasteiger partial charge in [0.05, 0.1) is 26.3 Å². The summed E-state index contributed by atoms with van der Waals surface area (Å²) in [5.41, 5.74) is 0.139. The second-order valence-corrected chi connectivity index (χ2v) is 9.50. The molecule has 1 N–H and O–H groups in total. The summed E-state index contributed by atoms with van der Waals surface area (Å²) in [4.78, 5) is 16.8. The number of anilines is 1. The molecule has 3 aromatic rings. The van der Waals surface area contributed by atoms with Crippen molar-refractivity contribution in [3.8, 4) is 11.3 Å². The average molecular weight is 538 g/mol. The number of hydrogen-bond acceptors (Lipinski definition) is 5. The van der Waals surface area contributed by atoms with E-state index in [1.165, 1.54) is 26.2 Å². The number of hydrogen-bond donors (Lipinski definition) is 1. The molecule has 0 aliphatic carbocycles. The van der Waals surface area contributed by atoms with Crippen molar-refractivity contribution < 1.29 is 22.0 Å². The molecule has 0 fully saturated rings. The second-order valence-electron chi connectivity index (χ2n) is 5.89. The van der Waals surface area contributed by atoms with Crippen LogP contribution in [0.4, 0.5) is 10.2 Å². The molecule has 28 heavy (non-hydrogen) atoms. The normalized spacial score (nSPS) is 11.6. The number of rotatable bonds is 4. The molecule has 0 saturated carbocycles. The fourth-order valence-corrected chi connectivity index (χ4v) is 4.15. The number of nitrogens with one attached hydrogen (secondary N) is 1. The summed E-state index contributed by atoms with van der Waals surface area (Å²) in [5, 5.41) is 3.03. The third kappa shape index (κ3) is 3.67. The van der Waals surface area contributed by atoms with Gasteiger partial charge in [0, 0.05) is 19.1 Å². The Balaban J connectivity index is 2.34. The van der Waals surface area contributed by atoms with Crippen LogP contribution in [-0.4, -0.2) is 39.7 Å². The molecule has 148 valence electrons. The number of benzene rings is 1. The number of carbonyl (C=O) groups is 1. The van der Waals surface area contributed by atoms with E-state index in [4.69, 9.17) is 16.0 Å². The zero-order valence-corrected chi connectivity index (χ0v) is 18.6. The zero-order chi connectivity index (χ0) is 20.8. The van der Waals surface area contributed by atoms with Gasteiger partial charge in [0.1, 0.15) is 5.82 Å². The Hall–Kier alpha value is -1.92. The fraction of sp³-hybridized carbons (Fsp3) is 0.176. The van der Waals surface area contributed by atoms with Crippen LogP contribution in [0.3, 0.4) is 0 Å². The van der Waals surface area contributed by atoms with Crippen molar-refractivity contribution in [3.63, 3.8) is 0 Å². The van der Waals surface area contributed by atoms with Crippen LogP contribution in [0.15, 0.2) is 28.7 Å². The first-order valence-corrected chi connectivity index (χ1v) is 11.1. The van der Waals surface area contributed by atoms with Crippen LogP contribution in [0.2, 0.25) is 5.02 Å². The minimum absolute atomic E-state index is 0.00821. The number of amides is 1. The first-order valence-electron chi connectivity index (χ1n) is 7.79. The van der Waals surface area contributed by atoms with Gasteiger partial charge in [0.25, 0.3) is 5.91 Å². The molecule has 3 rings (SSSR count). The van der Waals surface area contributed by atoms with Crippen LogP contribution in [0, 0.1) is 9.39 Å². The number of carbonyl (C=O) groups excluding carboxylic acids is 1. The van der Waals surface area contributed by atoms with Crippen molar-refractivity contribution in [3.05, 3.63) is 44.2 Å². The molecule has 1 aromatic carbocycles. The van der Waals surface area contributed by atoms with Gasteiger partial charge >= 0.3 is 0 Å². The molecule has 0 bridgehead atoms. The molecule has 0 aliphatic heterocycles. The minimum atomic E-state index is -3.56. The molecular weight excluding hydrogens is 524 g/mol. The maximum atomic E-state index is 14.5. The Morgan fingerprint density at radius 1 is 1.36 bits per heavy atom. The van der Waals surface area contributed by atoms with Gasteiger partial charge < -0.3 is 9.73 Å². The summed E-state index contributed by atoms with van der Waals surface area (Å²) in [6, 6.07) is 5.56. The second kappa shape index (κ2) is 7.48. The van der Waals surface area contributed by atoms with E-state index in [0.717, 1.165) is 16.6 Å². The predicted octanol–water partition coefficient (Wildman–Crippen LogP) is 3.65. The quantitative estimate of drug-likeness (QED) is 0.513. The van der Waals surface area contributed by atoms with Crippen molar-refractivity contribution >= 4 is 67.0 Å². The largest absolute Gasteiger partial charge is 0.437 e. The monoisotopic (exact) mass is 537 g/mol. The summed E-state index contributed by atoms with van der Waals surface area (Å²) in [7, 11) is -0.772. The summed E-state index contributed by atoms with van der Waals surface area (Å²) in [6.45, 7) is 0. The van der Waals surface area contributed by atoms with Crippen molar-refractivity contribution in [1.82, 2.24) is 10.3 Å². The molecule has 11 heteroatoms. The van der Waals surface area contributed by atoms with Crippen LogP contribution < -0.4 is 9.62 Å². The number of halogens is 3. The molecular formula is C17H14ClFIN3O4S. The number of furan rings is 1. The molecule has 1 amide bonds. The molecule has 0 unspecified atom stereocenters. The van der Waals surface area contributed by atoms with E-state index in [9.17, 15) is 17.6 Å². The van der Waals surface area contributed by atoms with Gasteiger partial charge in [-0.2, -0.15) is 4.98 Å². The molecule has 2 heterocycles. The van der Waals surface area contributed by atoms with Crippen LogP contribution in [0.25, 0.3) is 22.4 Å². The summed E-state index contributed by atoms with van der Waals surface area (Å²) >= 11 is 7.72. The van der Waals surface area contributed by atoms with Gasteiger partial charge in [-0.1, -0.05) is 11.6 Å². The van der Waals surface area contributed by atoms with Gasteiger partial charge in [0.15, 0.2) is 11.6 Å². The molecule has 7 nitrogen and oxygen atoms in total. The Labute approximate surface area is 179 Å². The highest BCUT2D eigenvalue weighted by Crippen LogP contribution is 2.37. The SMILES string of the molecule is CNC(=O)c1c(-c2ccc(Cl)cc2F)oc2nc(N(C)S(C)(=O)=O)c(I)cc12. The number of fused-ring (bicyclic) bond motifs is 1. The van der Waals surface area contributed by atoms with E-state index in [2.05, 4.69) is 10.3 Å². The predicted molar refractivity (Wildman–Crippen MR) is 114 cm³/mol. The lowest BCUT2D eigenvalue weighted by molar-refractivity contribution is 0.0964. The maximum absolute atomic E-state index is 14.5. The van der Waals surface area contributed by atoms with Crippen molar-refractivity contribution in [1.29, 1.82) is 0 Å². The van der Waals surface area contributed by atoms with E-state index in [1.807, 2.05) is 22.6 Å². The van der Waals surface area contributed by atoms with E-state index < -0.39 is 21.7 Å². The summed E-state index contributed by atoms with van der Waals surface area (Å²) < 4.78 is 45.4. The standard InChI is InChI=1S/C17H14ClFIN3O4S/c1-21-16(24)13-10-7-12(20)15(23(2)28(3,25)26)22-17(10)27-14(13)9-5-4-8(18)6-11(9)19/h4-7H,1-3H3,(H,21,24). The molecule has 0 atom stereocenters. The minimum Gasteiger partial charge on any atom is -0.437 e. The first kappa shape index (κ1) is 20.8. The highest BCUT2D eigenvalue weighted by Gasteiger charge is 2.27. The lowest BCUT2D eigenvalue weighted by atomic mass is 10.1. The fourth-order valence-electron chi connectivity index (χ4n) is 2.58. The third-order valence-corrected chi connectivity index (χ3v) is 6.24. The number of pyridine rings is 1. The lowest BCUT2D eigenvalue weighted by Crippen LogP contribution is -2.26. The van der Waals surface area contributed by atoms with Crippen molar-refractivity contribution in [2.75, 3.05) is 24.7 Å². The van der Waals surface area contributed by atoms with Gasteiger partial charge in [-0.3, -0.25) is 9.10 Å². The zero-order valence-electron chi connectivity index (χ0n) is 14.9. The topological polar surface area (TPSA) is 92.5 Å². The molecule has 0 saturated heterocycles. The first-order chi connectivity index (χ1) is 13.0. The van der Waals surface area contributed by atoms with Gasteiger partial charge in [0.2, 0.25) is 15.7 Å². The van der Waals surface area contributed by atoms with Gasteiger partial charge in [-0.15, -0.1) is 0 Å². The van der Waals surface area contributed by atoms with E-state index >= 15 is 0 Å². The smallest absolute Gasteiger partial charge is 0.255 e. The van der Waals surface area contributed by atoms with E-state index in [0.29, 0.717) is 8.96 Å². The van der Waals surface area contributed by atoms with Gasteiger partial charge in [-0.05, 0) is 46.9 Å². The van der Waals surface area contributed by atoms with Crippen molar-refractivity contribution in [2.45, 2.75) is 0 Å². The number of aromatic nitrogens is 1. The Bertz CT molecular complexity index is 1210. The average Bonchev–Trinajstić information content (AvgIpc) is 2.96. The molecule has 0 spiro atoms. The Morgan fingerprint density at radius 2 is 2.04 bits per heavy atom. The third-order valence-electron chi connectivity index (χ3n) is 4.04. The highest BCUT2D eigenvalue weighted by molar-refractivity contribution is 14.1. The maximum Gasteiger partial charge on any atom is 0.255 e.